The predicted molar refractivity (Wildman–Crippen MR) is 90.9 cm³/mol. The molecule has 0 radical (unpaired) electrons. The largest absolute Gasteiger partial charge is 0.497 e. The molecule has 0 fully saturated rings. The number of ether oxygens (including phenoxy) is 2. The Morgan fingerprint density at radius 3 is 2.70 bits per heavy atom. The predicted octanol–water partition coefficient (Wildman–Crippen LogP) is 3.87. The number of fused-ring (bicyclic) bond motifs is 1. The lowest BCUT2D eigenvalue weighted by molar-refractivity contribution is -0.117. The highest BCUT2D eigenvalue weighted by Gasteiger charge is 2.22. The summed E-state index contributed by atoms with van der Waals surface area (Å²) < 4.78 is 11.2. The molecular formula is C19H19NO3. The number of amides is 1. The monoisotopic (exact) mass is 309 g/mol. The molecule has 0 spiro atoms. The number of para-hydroxylation sites is 1. The highest BCUT2D eigenvalue weighted by Crippen LogP contribution is 2.38. The van der Waals surface area contributed by atoms with E-state index >= 15 is 0 Å². The van der Waals surface area contributed by atoms with Crippen LogP contribution in [0.25, 0.3) is 5.57 Å². The number of carbonyl (C=O) groups excluding carboxylic acids is 1. The van der Waals surface area contributed by atoms with Crippen molar-refractivity contribution >= 4 is 17.2 Å². The number of hydrogen-bond acceptors (Lipinski definition) is 3. The first kappa shape index (κ1) is 15.2. The van der Waals surface area contributed by atoms with E-state index in [1.807, 2.05) is 49.4 Å². The Hall–Kier alpha value is -2.75. The summed E-state index contributed by atoms with van der Waals surface area (Å²) in [4.78, 5) is 11.9. The first-order chi connectivity index (χ1) is 11.1. The second-order valence-corrected chi connectivity index (χ2v) is 5.57. The molecule has 0 saturated carbocycles. The maximum atomic E-state index is 11.9. The molecular weight excluding hydrogens is 290 g/mol. The lowest BCUT2D eigenvalue weighted by atomic mass is 9.98. The van der Waals surface area contributed by atoms with Crippen molar-refractivity contribution in [3.63, 3.8) is 0 Å². The van der Waals surface area contributed by atoms with E-state index in [2.05, 4.69) is 11.9 Å². The van der Waals surface area contributed by atoms with Gasteiger partial charge < -0.3 is 14.8 Å². The summed E-state index contributed by atoms with van der Waals surface area (Å²) in [5.41, 5.74) is 3.38. The van der Waals surface area contributed by atoms with Gasteiger partial charge in [0.1, 0.15) is 11.9 Å². The molecule has 0 saturated heterocycles. The molecule has 0 aliphatic carbocycles. The lowest BCUT2D eigenvalue weighted by Crippen LogP contribution is -2.17. The van der Waals surface area contributed by atoms with E-state index in [-0.39, 0.29) is 12.0 Å². The van der Waals surface area contributed by atoms with Gasteiger partial charge in [0.2, 0.25) is 5.91 Å². The van der Waals surface area contributed by atoms with Crippen LogP contribution in [0.2, 0.25) is 0 Å². The van der Waals surface area contributed by atoms with Crippen molar-refractivity contribution in [2.24, 2.45) is 0 Å². The minimum absolute atomic E-state index is 0.0385. The van der Waals surface area contributed by atoms with Crippen LogP contribution >= 0.6 is 0 Å². The first-order valence-corrected chi connectivity index (χ1v) is 7.51. The number of rotatable bonds is 3. The number of hydrogen-bond donors (Lipinski definition) is 1. The molecule has 23 heavy (non-hydrogen) atoms. The normalized spacial score (nSPS) is 16.6. The van der Waals surface area contributed by atoms with Gasteiger partial charge in [0, 0.05) is 5.56 Å². The summed E-state index contributed by atoms with van der Waals surface area (Å²) in [5, 5.41) is 2.89. The highest BCUT2D eigenvalue weighted by atomic mass is 16.5. The van der Waals surface area contributed by atoms with E-state index in [1.165, 1.54) is 0 Å². The van der Waals surface area contributed by atoms with Crippen LogP contribution in [-0.4, -0.2) is 19.1 Å². The van der Waals surface area contributed by atoms with Gasteiger partial charge in [-0.3, -0.25) is 4.79 Å². The van der Waals surface area contributed by atoms with E-state index in [0.29, 0.717) is 17.9 Å². The lowest BCUT2D eigenvalue weighted by Gasteiger charge is -2.17. The zero-order valence-electron chi connectivity index (χ0n) is 13.3. The van der Waals surface area contributed by atoms with Crippen LogP contribution in [0.4, 0.5) is 5.69 Å². The molecule has 4 heteroatoms. The number of carbonyl (C=O) groups is 1. The van der Waals surface area contributed by atoms with Gasteiger partial charge in [-0.2, -0.15) is 0 Å². The van der Waals surface area contributed by atoms with Crippen LogP contribution in [0.15, 0.2) is 49.0 Å². The van der Waals surface area contributed by atoms with Crippen molar-refractivity contribution in [3.05, 3.63) is 60.2 Å². The Balaban J connectivity index is 2.01. The van der Waals surface area contributed by atoms with Gasteiger partial charge in [0.15, 0.2) is 5.75 Å². The van der Waals surface area contributed by atoms with Gasteiger partial charge in [-0.1, -0.05) is 30.8 Å². The van der Waals surface area contributed by atoms with Gasteiger partial charge >= 0.3 is 0 Å². The first-order valence-electron chi connectivity index (χ1n) is 7.51. The quantitative estimate of drug-likeness (QED) is 0.936. The maximum Gasteiger partial charge on any atom is 0.228 e. The third-order valence-corrected chi connectivity index (χ3v) is 3.84. The van der Waals surface area contributed by atoms with Crippen molar-refractivity contribution in [2.75, 3.05) is 12.4 Å². The van der Waals surface area contributed by atoms with Gasteiger partial charge in [-0.05, 0) is 36.3 Å². The van der Waals surface area contributed by atoms with Crippen molar-refractivity contribution in [1.82, 2.24) is 0 Å². The molecule has 1 amide bonds. The molecule has 2 aromatic rings. The van der Waals surface area contributed by atoms with E-state index in [9.17, 15) is 4.79 Å². The van der Waals surface area contributed by atoms with Crippen molar-refractivity contribution in [1.29, 1.82) is 0 Å². The van der Waals surface area contributed by atoms with Crippen LogP contribution in [0.5, 0.6) is 11.5 Å². The molecule has 1 unspecified atom stereocenters. The van der Waals surface area contributed by atoms with E-state index in [4.69, 9.17) is 9.47 Å². The minimum Gasteiger partial charge on any atom is -0.497 e. The van der Waals surface area contributed by atoms with Crippen LogP contribution in [0.1, 0.15) is 24.5 Å². The fourth-order valence-corrected chi connectivity index (χ4v) is 2.65. The standard InChI is InChI=1S/C19H19NO3/c1-12-11-18(21)20-17-6-4-5-16(19(17)23-12)13(2)14-7-9-15(22-3)10-8-14/h4-10,12H,2,11H2,1,3H3,(H,20,21). The summed E-state index contributed by atoms with van der Waals surface area (Å²) in [7, 11) is 1.64. The number of benzene rings is 2. The van der Waals surface area contributed by atoms with Crippen LogP contribution in [0, 0.1) is 0 Å². The topological polar surface area (TPSA) is 47.6 Å². The molecule has 0 bridgehead atoms. The molecule has 4 nitrogen and oxygen atoms in total. The van der Waals surface area contributed by atoms with E-state index < -0.39 is 0 Å². The fraction of sp³-hybridized carbons (Fsp3) is 0.211. The maximum absolute atomic E-state index is 11.9. The summed E-state index contributed by atoms with van der Waals surface area (Å²) in [5.74, 6) is 1.43. The number of anilines is 1. The minimum atomic E-state index is -0.180. The number of methoxy groups -OCH3 is 1. The summed E-state index contributed by atoms with van der Waals surface area (Å²) in [6.45, 7) is 6.09. The van der Waals surface area contributed by atoms with Crippen molar-refractivity contribution in [2.45, 2.75) is 19.4 Å². The Kier molecular flexibility index (Phi) is 4.06. The average Bonchev–Trinajstić information content (AvgIpc) is 2.70. The van der Waals surface area contributed by atoms with Crippen LogP contribution < -0.4 is 14.8 Å². The van der Waals surface area contributed by atoms with Crippen LogP contribution in [0.3, 0.4) is 0 Å². The Labute approximate surface area is 135 Å². The zero-order chi connectivity index (χ0) is 16.4. The molecule has 1 heterocycles. The van der Waals surface area contributed by atoms with Crippen molar-refractivity contribution < 1.29 is 14.3 Å². The SMILES string of the molecule is C=C(c1ccc(OC)cc1)c1cccc2c1OC(C)CC(=O)N2. The van der Waals surface area contributed by atoms with Crippen molar-refractivity contribution in [3.8, 4) is 11.5 Å². The van der Waals surface area contributed by atoms with Gasteiger partial charge in [-0.15, -0.1) is 0 Å². The molecule has 1 atom stereocenters. The Morgan fingerprint density at radius 2 is 2.00 bits per heavy atom. The summed E-state index contributed by atoms with van der Waals surface area (Å²) >= 11 is 0. The molecule has 1 N–H and O–H groups in total. The molecule has 118 valence electrons. The second kappa shape index (κ2) is 6.16. The molecule has 2 aromatic carbocycles. The smallest absolute Gasteiger partial charge is 0.228 e. The van der Waals surface area contributed by atoms with E-state index in [1.54, 1.807) is 7.11 Å². The molecule has 1 aliphatic heterocycles. The van der Waals surface area contributed by atoms with Gasteiger partial charge in [0.05, 0.1) is 19.2 Å². The van der Waals surface area contributed by atoms with Crippen LogP contribution in [-0.2, 0) is 4.79 Å². The molecule has 3 rings (SSSR count). The molecule has 0 aromatic heterocycles. The summed E-state index contributed by atoms with van der Waals surface area (Å²) in [6, 6.07) is 13.4. The van der Waals surface area contributed by atoms with Gasteiger partial charge in [-0.25, -0.2) is 0 Å². The van der Waals surface area contributed by atoms with Gasteiger partial charge in [0.25, 0.3) is 0 Å². The molecule has 1 aliphatic rings. The van der Waals surface area contributed by atoms with E-state index in [0.717, 1.165) is 22.4 Å². The third kappa shape index (κ3) is 3.06. The number of nitrogens with one attached hydrogen (secondary N) is 1. The average molecular weight is 309 g/mol. The Morgan fingerprint density at radius 1 is 1.26 bits per heavy atom. The Bertz CT molecular complexity index is 750. The fourth-order valence-electron chi connectivity index (χ4n) is 2.65. The zero-order valence-corrected chi connectivity index (χ0v) is 13.3. The highest BCUT2D eigenvalue weighted by molar-refractivity contribution is 5.95. The second-order valence-electron chi connectivity index (χ2n) is 5.57. The summed E-state index contributed by atoms with van der Waals surface area (Å²) in [6.07, 6.45) is 0.157. The third-order valence-electron chi connectivity index (χ3n) is 3.84.